The minimum absolute atomic E-state index is 0.00559. The Morgan fingerprint density at radius 2 is 2.00 bits per heavy atom. The molecule has 3 aliphatic rings. The molecule has 0 radical (unpaired) electrons. The molecule has 34 heavy (non-hydrogen) atoms. The van der Waals surface area contributed by atoms with Crippen molar-refractivity contribution in [2.24, 2.45) is 5.92 Å². The average Bonchev–Trinajstić information content (AvgIpc) is 3.15. The van der Waals surface area contributed by atoms with Gasteiger partial charge < -0.3 is 25.0 Å². The highest BCUT2D eigenvalue weighted by Gasteiger charge is 2.33. The fourth-order valence-electron chi connectivity index (χ4n) is 5.35. The van der Waals surface area contributed by atoms with Gasteiger partial charge in [0.15, 0.2) is 0 Å². The molecule has 1 saturated heterocycles. The van der Waals surface area contributed by atoms with E-state index < -0.39 is 0 Å². The Hall–Kier alpha value is -2.64. The van der Waals surface area contributed by atoms with E-state index in [0.29, 0.717) is 6.54 Å². The third-order valence-electron chi connectivity index (χ3n) is 7.08. The van der Waals surface area contributed by atoms with Crippen LogP contribution in [0.1, 0.15) is 64.9 Å². The molecule has 2 atom stereocenters. The van der Waals surface area contributed by atoms with E-state index in [1.165, 1.54) is 0 Å². The summed E-state index contributed by atoms with van der Waals surface area (Å²) in [7, 11) is 0. The van der Waals surface area contributed by atoms with Gasteiger partial charge in [-0.15, -0.1) is 0 Å². The summed E-state index contributed by atoms with van der Waals surface area (Å²) >= 11 is 0. The quantitative estimate of drug-likeness (QED) is 0.601. The normalized spacial score (nSPS) is 26.4. The number of hydrogen-bond acceptors (Lipinski definition) is 6. The maximum atomic E-state index is 13.9. The molecule has 5 rings (SSSR count). The number of ether oxygens (including phenoxy) is 2. The van der Waals surface area contributed by atoms with Gasteiger partial charge in [0.1, 0.15) is 12.0 Å². The second-order valence-corrected chi connectivity index (χ2v) is 10.1. The second kappa shape index (κ2) is 9.92. The van der Waals surface area contributed by atoms with Crippen molar-refractivity contribution in [3.63, 3.8) is 0 Å². The third kappa shape index (κ3) is 5.05. The van der Waals surface area contributed by atoms with Gasteiger partial charge in [0.25, 0.3) is 0 Å². The van der Waals surface area contributed by atoms with Crippen molar-refractivity contribution in [3.8, 4) is 0 Å². The molecule has 7 heteroatoms. The van der Waals surface area contributed by atoms with Crippen LogP contribution in [-0.4, -0.2) is 35.4 Å². The topological polar surface area (TPSA) is 75.7 Å². The summed E-state index contributed by atoms with van der Waals surface area (Å²) in [5.74, 6) is 1.00. The predicted molar refractivity (Wildman–Crippen MR) is 134 cm³/mol. The highest BCUT2D eigenvalue weighted by atomic mass is 16.5. The van der Waals surface area contributed by atoms with E-state index in [1.807, 2.05) is 29.2 Å². The van der Waals surface area contributed by atoms with Crippen molar-refractivity contribution >= 4 is 28.8 Å². The molecule has 2 aromatic rings. The Morgan fingerprint density at radius 3 is 2.74 bits per heavy atom. The number of aromatic nitrogens is 1. The molecule has 1 aliphatic carbocycles. The van der Waals surface area contributed by atoms with Crippen LogP contribution < -0.4 is 15.5 Å². The highest BCUT2D eigenvalue weighted by Crippen LogP contribution is 2.39. The summed E-state index contributed by atoms with van der Waals surface area (Å²) < 4.78 is 12.0. The zero-order chi connectivity index (χ0) is 23.7. The summed E-state index contributed by atoms with van der Waals surface area (Å²) in [6.07, 6.45) is 8.18. The maximum Gasteiger partial charge on any atom is 0.230 e. The van der Waals surface area contributed by atoms with Gasteiger partial charge in [0, 0.05) is 23.4 Å². The molecule has 182 valence electrons. The number of nitrogens with zero attached hydrogens (tertiary/aromatic N) is 2. The van der Waals surface area contributed by atoms with Crippen molar-refractivity contribution in [3.05, 3.63) is 42.1 Å². The van der Waals surface area contributed by atoms with E-state index in [-0.39, 0.29) is 36.4 Å². The first-order valence-corrected chi connectivity index (χ1v) is 12.7. The molecule has 2 N–H and O–H groups in total. The lowest BCUT2D eigenvalue weighted by molar-refractivity contribution is -0.124. The number of rotatable bonds is 5. The molecule has 3 heterocycles. The molecule has 0 unspecified atom stereocenters. The van der Waals surface area contributed by atoms with E-state index in [0.717, 1.165) is 67.0 Å². The Labute approximate surface area is 202 Å². The Morgan fingerprint density at radius 1 is 1.18 bits per heavy atom. The van der Waals surface area contributed by atoms with Crippen molar-refractivity contribution in [1.29, 1.82) is 0 Å². The predicted octanol–water partition coefficient (Wildman–Crippen LogP) is 5.59. The lowest BCUT2D eigenvalue weighted by Crippen LogP contribution is -2.38. The zero-order valence-electron chi connectivity index (χ0n) is 20.4. The van der Waals surface area contributed by atoms with Gasteiger partial charge in [0.2, 0.25) is 5.91 Å². The van der Waals surface area contributed by atoms with Crippen LogP contribution in [0.3, 0.4) is 0 Å². The van der Waals surface area contributed by atoms with E-state index in [2.05, 4.69) is 42.5 Å². The number of hydrogen-bond donors (Lipinski definition) is 2. The van der Waals surface area contributed by atoms with Crippen LogP contribution in [0.15, 0.2) is 36.5 Å². The molecule has 2 fully saturated rings. The van der Waals surface area contributed by atoms with Crippen molar-refractivity contribution in [2.45, 2.75) is 90.4 Å². The van der Waals surface area contributed by atoms with Gasteiger partial charge in [-0.25, -0.2) is 4.98 Å². The first kappa shape index (κ1) is 23.1. The number of anilines is 4. The lowest BCUT2D eigenvalue weighted by atomic mass is 9.86. The van der Waals surface area contributed by atoms with Crippen LogP contribution in [0.2, 0.25) is 0 Å². The number of nitrogens with one attached hydrogen (secondary N) is 2. The molecule has 0 spiro atoms. The highest BCUT2D eigenvalue weighted by molar-refractivity contribution is 6.00. The SMILES string of the molecule is CC(C)OC1CCC(C(=O)N2Cc3cccnc3Nc3ccc(N[C@@H]4CC[C@@H](C)O4)cc32)CC1. The fraction of sp³-hybridized carbons (Fsp3) is 0.556. The van der Waals surface area contributed by atoms with Crippen molar-refractivity contribution in [1.82, 2.24) is 4.98 Å². The number of benzene rings is 1. The summed E-state index contributed by atoms with van der Waals surface area (Å²) in [4.78, 5) is 20.4. The molecule has 0 bridgehead atoms. The van der Waals surface area contributed by atoms with Crippen LogP contribution in [0, 0.1) is 5.92 Å². The van der Waals surface area contributed by atoms with Gasteiger partial charge in [0.05, 0.1) is 36.2 Å². The summed E-state index contributed by atoms with van der Waals surface area (Å²) in [5, 5.41) is 6.97. The fourth-order valence-corrected chi connectivity index (χ4v) is 5.35. The zero-order valence-corrected chi connectivity index (χ0v) is 20.4. The maximum absolute atomic E-state index is 13.9. The minimum atomic E-state index is 0.00559. The Balaban J connectivity index is 1.40. The van der Waals surface area contributed by atoms with Gasteiger partial charge in [-0.1, -0.05) is 6.07 Å². The Bertz CT molecular complexity index is 1020. The van der Waals surface area contributed by atoms with Gasteiger partial charge in [-0.3, -0.25) is 4.79 Å². The van der Waals surface area contributed by atoms with E-state index >= 15 is 0 Å². The average molecular weight is 465 g/mol. The molecular formula is C27H36N4O3. The van der Waals surface area contributed by atoms with Gasteiger partial charge in [-0.05, 0) is 83.6 Å². The molecular weight excluding hydrogens is 428 g/mol. The third-order valence-corrected chi connectivity index (χ3v) is 7.08. The number of carbonyl (C=O) groups is 1. The first-order chi connectivity index (χ1) is 16.5. The molecule has 7 nitrogen and oxygen atoms in total. The Kier molecular flexibility index (Phi) is 6.75. The molecule has 1 aromatic heterocycles. The first-order valence-electron chi connectivity index (χ1n) is 12.7. The van der Waals surface area contributed by atoms with Crippen LogP contribution in [-0.2, 0) is 20.8 Å². The summed E-state index contributed by atoms with van der Waals surface area (Å²) in [5.41, 5.74) is 3.77. The van der Waals surface area contributed by atoms with Gasteiger partial charge in [-0.2, -0.15) is 0 Å². The van der Waals surface area contributed by atoms with Crippen LogP contribution in [0.4, 0.5) is 22.9 Å². The number of pyridine rings is 1. The van der Waals surface area contributed by atoms with Crippen molar-refractivity contribution < 1.29 is 14.3 Å². The van der Waals surface area contributed by atoms with Crippen molar-refractivity contribution in [2.75, 3.05) is 15.5 Å². The number of amides is 1. The molecule has 1 saturated carbocycles. The largest absolute Gasteiger partial charge is 0.376 e. The lowest BCUT2D eigenvalue weighted by Gasteiger charge is -2.33. The number of fused-ring (bicyclic) bond motifs is 2. The van der Waals surface area contributed by atoms with E-state index in [4.69, 9.17) is 9.47 Å². The summed E-state index contributed by atoms with van der Waals surface area (Å²) in [6, 6.07) is 10.1. The summed E-state index contributed by atoms with van der Waals surface area (Å²) in [6.45, 7) is 6.76. The molecule has 1 amide bonds. The molecule has 1 aromatic carbocycles. The second-order valence-electron chi connectivity index (χ2n) is 10.1. The smallest absolute Gasteiger partial charge is 0.230 e. The van der Waals surface area contributed by atoms with Crippen LogP contribution in [0.25, 0.3) is 0 Å². The monoisotopic (exact) mass is 464 g/mol. The van der Waals surface area contributed by atoms with E-state index in [9.17, 15) is 4.79 Å². The molecule has 2 aliphatic heterocycles. The van der Waals surface area contributed by atoms with Gasteiger partial charge >= 0.3 is 0 Å². The standard InChI is InChI=1S/C27H36N4O3/c1-17(2)33-22-10-7-19(8-11-22)27(32)31-16-20-5-4-14-28-26(20)30-23-12-9-21(15-24(23)31)29-25-13-6-18(3)34-25/h4-5,9,12,14-15,17-19,22,25,29H,6-8,10-11,13,16H2,1-3H3,(H,28,30)/t18-,19?,22?,25+/m1/s1. The van der Waals surface area contributed by atoms with Crippen LogP contribution >= 0.6 is 0 Å². The minimum Gasteiger partial charge on any atom is -0.376 e. The van der Waals surface area contributed by atoms with Crippen LogP contribution in [0.5, 0.6) is 0 Å². The number of carbonyl (C=O) groups excluding carboxylic acids is 1. The van der Waals surface area contributed by atoms with E-state index in [1.54, 1.807) is 6.20 Å².